The highest BCUT2D eigenvalue weighted by atomic mass is 19.1. The predicted molar refractivity (Wildman–Crippen MR) is 155 cm³/mol. The third-order valence-electron chi connectivity index (χ3n) is 7.41. The fraction of sp³-hybridized carbons (Fsp3) is 0.333. The Balaban J connectivity index is 1.46. The van der Waals surface area contributed by atoms with Crippen molar-refractivity contribution in [2.75, 3.05) is 51.0 Å². The highest BCUT2D eigenvalue weighted by Crippen LogP contribution is 2.38. The standard InChI is InChI=1S/C30H33F2N7O3/c1-4-34-22(18-8-10-19(31)11-9-18)16-25(40)38-13-14-39(23(17-38)21-7-5-6-12-35-21)30-36-27-20(29(33)37-30)15-24(41-2)28(42-3)26(27)32/h5-12,15,22-23,34H,4,13-14,16-17H2,1-3H3,(H2,33,36,37)/t22-,23?/m1/s1. The number of fused-ring (bicyclic) bond motifs is 1. The first-order valence-corrected chi connectivity index (χ1v) is 13.7. The summed E-state index contributed by atoms with van der Waals surface area (Å²) < 4.78 is 39.5. The van der Waals surface area contributed by atoms with Gasteiger partial charge in [-0.1, -0.05) is 25.1 Å². The zero-order chi connectivity index (χ0) is 29.8. The number of halogens is 2. The molecule has 3 N–H and O–H groups in total. The van der Waals surface area contributed by atoms with E-state index in [4.69, 9.17) is 15.2 Å². The maximum atomic E-state index is 15.5. The Morgan fingerprint density at radius 1 is 1.12 bits per heavy atom. The van der Waals surface area contributed by atoms with E-state index in [0.717, 1.165) is 5.56 Å². The van der Waals surface area contributed by atoms with E-state index in [9.17, 15) is 9.18 Å². The summed E-state index contributed by atoms with van der Waals surface area (Å²) in [6.45, 7) is 3.64. The van der Waals surface area contributed by atoms with E-state index in [0.29, 0.717) is 37.3 Å². The van der Waals surface area contributed by atoms with E-state index in [1.807, 2.05) is 30.0 Å². The number of nitrogens with one attached hydrogen (secondary N) is 1. The van der Waals surface area contributed by atoms with Crippen LogP contribution < -0.4 is 25.4 Å². The van der Waals surface area contributed by atoms with Gasteiger partial charge in [0.1, 0.15) is 17.2 Å². The molecule has 42 heavy (non-hydrogen) atoms. The monoisotopic (exact) mass is 577 g/mol. The number of rotatable bonds is 9. The second-order valence-corrected chi connectivity index (χ2v) is 9.90. The number of carbonyl (C=O) groups is 1. The molecular weight excluding hydrogens is 544 g/mol. The molecule has 3 heterocycles. The Hall–Kier alpha value is -4.58. The molecule has 1 fully saturated rings. The minimum absolute atomic E-state index is 0.00112. The third kappa shape index (κ3) is 5.75. The summed E-state index contributed by atoms with van der Waals surface area (Å²) in [6, 6.07) is 12.6. The van der Waals surface area contributed by atoms with E-state index in [2.05, 4.69) is 20.3 Å². The second-order valence-electron chi connectivity index (χ2n) is 9.90. The van der Waals surface area contributed by atoms with Crippen molar-refractivity contribution >= 4 is 28.6 Å². The van der Waals surface area contributed by atoms with E-state index in [1.165, 1.54) is 26.4 Å². The minimum atomic E-state index is -0.708. The molecule has 1 aliphatic rings. The van der Waals surface area contributed by atoms with Gasteiger partial charge in [-0.05, 0) is 42.4 Å². The number of nitrogens with zero attached hydrogens (tertiary/aromatic N) is 5. The van der Waals surface area contributed by atoms with Crippen LogP contribution >= 0.6 is 0 Å². The largest absolute Gasteiger partial charge is 0.493 e. The summed E-state index contributed by atoms with van der Waals surface area (Å²) in [6.07, 6.45) is 1.87. The SMILES string of the molecule is CCN[C@H](CC(=O)N1CCN(c2nc(N)c3cc(OC)c(OC)c(F)c3n2)C(c2ccccn2)C1)c1ccc(F)cc1. The number of piperazine rings is 1. The number of anilines is 2. The van der Waals surface area contributed by atoms with Crippen LogP contribution in [0, 0.1) is 11.6 Å². The number of amides is 1. The molecule has 12 heteroatoms. The number of nitrogen functional groups attached to an aromatic ring is 1. The number of carbonyl (C=O) groups excluding carboxylic acids is 1. The van der Waals surface area contributed by atoms with Crippen LogP contribution in [0.5, 0.6) is 11.5 Å². The zero-order valence-corrected chi connectivity index (χ0v) is 23.7. The topological polar surface area (TPSA) is 119 Å². The molecule has 2 aromatic carbocycles. The quantitative estimate of drug-likeness (QED) is 0.304. The first kappa shape index (κ1) is 28.9. The van der Waals surface area contributed by atoms with Crippen LogP contribution in [-0.2, 0) is 4.79 Å². The van der Waals surface area contributed by atoms with Gasteiger partial charge in [0.15, 0.2) is 17.3 Å². The summed E-state index contributed by atoms with van der Waals surface area (Å²) in [4.78, 5) is 30.9. The predicted octanol–water partition coefficient (Wildman–Crippen LogP) is 4.03. The average Bonchev–Trinajstić information content (AvgIpc) is 3.01. The summed E-state index contributed by atoms with van der Waals surface area (Å²) in [5, 5.41) is 3.63. The highest BCUT2D eigenvalue weighted by molar-refractivity contribution is 5.92. The van der Waals surface area contributed by atoms with Gasteiger partial charge in [-0.25, -0.2) is 13.8 Å². The molecule has 5 rings (SSSR count). The van der Waals surface area contributed by atoms with Crippen LogP contribution in [0.3, 0.4) is 0 Å². The Morgan fingerprint density at radius 2 is 1.90 bits per heavy atom. The first-order chi connectivity index (χ1) is 20.3. The van der Waals surface area contributed by atoms with Crippen LogP contribution in [0.4, 0.5) is 20.5 Å². The molecule has 1 unspecified atom stereocenters. The van der Waals surface area contributed by atoms with Gasteiger partial charge < -0.3 is 30.3 Å². The summed E-state index contributed by atoms with van der Waals surface area (Å²) in [5.74, 6) is -0.703. The molecule has 0 bridgehead atoms. The van der Waals surface area contributed by atoms with E-state index >= 15 is 4.39 Å². The molecule has 1 saturated heterocycles. The van der Waals surface area contributed by atoms with Crippen LogP contribution in [0.1, 0.15) is 36.7 Å². The van der Waals surface area contributed by atoms with Crippen molar-refractivity contribution in [1.29, 1.82) is 0 Å². The van der Waals surface area contributed by atoms with Gasteiger partial charge in [0, 0.05) is 43.7 Å². The van der Waals surface area contributed by atoms with Crippen LogP contribution in [0.15, 0.2) is 54.7 Å². The van der Waals surface area contributed by atoms with Crippen LogP contribution in [0.25, 0.3) is 10.9 Å². The van der Waals surface area contributed by atoms with Crippen molar-refractivity contribution < 1.29 is 23.0 Å². The van der Waals surface area contributed by atoms with E-state index in [-0.39, 0.29) is 53.0 Å². The Bertz CT molecular complexity index is 1560. The van der Waals surface area contributed by atoms with Gasteiger partial charge in [-0.15, -0.1) is 0 Å². The lowest BCUT2D eigenvalue weighted by Crippen LogP contribution is -2.51. The molecule has 0 spiro atoms. The smallest absolute Gasteiger partial charge is 0.228 e. The van der Waals surface area contributed by atoms with Gasteiger partial charge in [0.05, 0.1) is 26.0 Å². The van der Waals surface area contributed by atoms with Crippen molar-refractivity contribution in [1.82, 2.24) is 25.2 Å². The Kier molecular flexibility index (Phi) is 8.62. The molecule has 2 atom stereocenters. The Labute approximate surface area is 242 Å². The van der Waals surface area contributed by atoms with Crippen molar-refractivity contribution in [2.24, 2.45) is 0 Å². The molecule has 4 aromatic rings. The number of nitrogens with two attached hydrogens (primary N) is 1. The number of pyridine rings is 1. The number of aromatic nitrogens is 3. The lowest BCUT2D eigenvalue weighted by Gasteiger charge is -2.41. The van der Waals surface area contributed by atoms with Gasteiger partial charge in [-0.2, -0.15) is 4.98 Å². The molecule has 2 aromatic heterocycles. The lowest BCUT2D eigenvalue weighted by atomic mass is 10.0. The molecule has 0 radical (unpaired) electrons. The lowest BCUT2D eigenvalue weighted by molar-refractivity contribution is -0.132. The average molecular weight is 578 g/mol. The number of hydrogen-bond donors (Lipinski definition) is 2. The fourth-order valence-corrected chi connectivity index (χ4v) is 5.29. The molecular formula is C30H33F2N7O3. The molecule has 10 nitrogen and oxygen atoms in total. The number of benzene rings is 2. The summed E-state index contributed by atoms with van der Waals surface area (Å²) in [7, 11) is 2.76. The molecule has 220 valence electrons. The second kappa shape index (κ2) is 12.5. The summed E-state index contributed by atoms with van der Waals surface area (Å²) in [5.41, 5.74) is 7.84. The molecule has 0 aliphatic carbocycles. The normalized spacial score (nSPS) is 16.0. The van der Waals surface area contributed by atoms with E-state index in [1.54, 1.807) is 29.3 Å². The van der Waals surface area contributed by atoms with Crippen molar-refractivity contribution in [2.45, 2.75) is 25.4 Å². The van der Waals surface area contributed by atoms with Crippen molar-refractivity contribution in [3.8, 4) is 11.5 Å². The Morgan fingerprint density at radius 3 is 2.57 bits per heavy atom. The number of hydrogen-bond acceptors (Lipinski definition) is 9. The van der Waals surface area contributed by atoms with Gasteiger partial charge in [0.25, 0.3) is 0 Å². The van der Waals surface area contributed by atoms with Crippen LogP contribution in [-0.4, -0.2) is 66.2 Å². The molecule has 1 aliphatic heterocycles. The van der Waals surface area contributed by atoms with Gasteiger partial charge in [-0.3, -0.25) is 9.78 Å². The highest BCUT2D eigenvalue weighted by Gasteiger charge is 2.34. The molecule has 0 saturated carbocycles. The summed E-state index contributed by atoms with van der Waals surface area (Å²) >= 11 is 0. The first-order valence-electron chi connectivity index (χ1n) is 13.7. The van der Waals surface area contributed by atoms with Gasteiger partial charge >= 0.3 is 0 Å². The third-order valence-corrected chi connectivity index (χ3v) is 7.41. The van der Waals surface area contributed by atoms with Crippen molar-refractivity contribution in [3.05, 3.63) is 77.6 Å². The van der Waals surface area contributed by atoms with Crippen molar-refractivity contribution in [3.63, 3.8) is 0 Å². The van der Waals surface area contributed by atoms with E-state index < -0.39 is 11.9 Å². The minimum Gasteiger partial charge on any atom is -0.493 e. The number of methoxy groups -OCH3 is 2. The van der Waals surface area contributed by atoms with Crippen LogP contribution in [0.2, 0.25) is 0 Å². The number of ether oxygens (including phenoxy) is 2. The maximum Gasteiger partial charge on any atom is 0.228 e. The molecule has 1 amide bonds. The fourth-order valence-electron chi connectivity index (χ4n) is 5.29. The maximum absolute atomic E-state index is 15.5. The zero-order valence-electron chi connectivity index (χ0n) is 23.7. The van der Waals surface area contributed by atoms with Gasteiger partial charge in [0.2, 0.25) is 11.9 Å².